The first-order valence-corrected chi connectivity index (χ1v) is 8.94. The molecule has 3 rings (SSSR count). The maximum Gasteiger partial charge on any atom is 0.435 e. The van der Waals surface area contributed by atoms with Crippen LogP contribution in [0, 0.1) is 0 Å². The quantitative estimate of drug-likeness (QED) is 0.864. The third-order valence-corrected chi connectivity index (χ3v) is 4.60. The number of alkyl halides is 3. The van der Waals surface area contributed by atoms with E-state index in [0.717, 1.165) is 24.8 Å². The Hall–Kier alpha value is -2.31. The lowest BCUT2D eigenvalue weighted by Crippen LogP contribution is -2.22. The standard InChI is InChI=1S/C19H22F3N3O/c1-2-5-17(26)23-12-13-8-10-14(11-9-13)25-16-7-4-3-6-15(16)18(24-25)19(20,21)22/h8-11H,2-7,12H2,1H3,(H,23,26). The van der Waals surface area contributed by atoms with Crippen molar-refractivity contribution in [2.24, 2.45) is 0 Å². The Labute approximate surface area is 150 Å². The van der Waals surface area contributed by atoms with Crippen LogP contribution in [0.4, 0.5) is 13.2 Å². The van der Waals surface area contributed by atoms with Crippen molar-refractivity contribution in [3.63, 3.8) is 0 Å². The van der Waals surface area contributed by atoms with Crippen molar-refractivity contribution in [3.05, 3.63) is 46.8 Å². The number of fused-ring (bicyclic) bond motifs is 1. The molecule has 0 radical (unpaired) electrons. The molecule has 0 bridgehead atoms. The summed E-state index contributed by atoms with van der Waals surface area (Å²) < 4.78 is 41.3. The van der Waals surface area contributed by atoms with Crippen LogP contribution >= 0.6 is 0 Å². The van der Waals surface area contributed by atoms with E-state index in [9.17, 15) is 18.0 Å². The molecule has 1 aliphatic rings. The second-order valence-electron chi connectivity index (χ2n) is 6.58. The summed E-state index contributed by atoms with van der Waals surface area (Å²) in [6.45, 7) is 2.35. The van der Waals surface area contributed by atoms with Crippen molar-refractivity contribution in [1.29, 1.82) is 0 Å². The lowest BCUT2D eigenvalue weighted by atomic mass is 9.95. The lowest BCUT2D eigenvalue weighted by molar-refractivity contribution is -0.142. The van der Waals surface area contributed by atoms with Crippen LogP contribution in [0.15, 0.2) is 24.3 Å². The molecule has 7 heteroatoms. The van der Waals surface area contributed by atoms with Gasteiger partial charge < -0.3 is 5.32 Å². The Balaban J connectivity index is 1.83. The highest BCUT2D eigenvalue weighted by atomic mass is 19.4. The number of amides is 1. The van der Waals surface area contributed by atoms with Gasteiger partial charge in [0.15, 0.2) is 5.69 Å². The summed E-state index contributed by atoms with van der Waals surface area (Å²) in [6.07, 6.45) is -0.501. The third kappa shape index (κ3) is 3.92. The number of carbonyl (C=O) groups is 1. The molecule has 0 saturated carbocycles. The van der Waals surface area contributed by atoms with Crippen molar-refractivity contribution < 1.29 is 18.0 Å². The van der Waals surface area contributed by atoms with Gasteiger partial charge in [-0.3, -0.25) is 4.79 Å². The summed E-state index contributed by atoms with van der Waals surface area (Å²) in [6, 6.07) is 7.13. The van der Waals surface area contributed by atoms with Crippen LogP contribution in [0.2, 0.25) is 0 Å². The first kappa shape index (κ1) is 18.5. The van der Waals surface area contributed by atoms with Gasteiger partial charge in [-0.25, -0.2) is 4.68 Å². The number of halogens is 3. The van der Waals surface area contributed by atoms with Crippen LogP contribution in [0.1, 0.15) is 55.1 Å². The van der Waals surface area contributed by atoms with Crippen LogP contribution in [-0.2, 0) is 30.4 Å². The Morgan fingerprint density at radius 2 is 1.88 bits per heavy atom. The molecular weight excluding hydrogens is 343 g/mol. The molecule has 26 heavy (non-hydrogen) atoms. The van der Waals surface area contributed by atoms with Gasteiger partial charge in [-0.15, -0.1) is 0 Å². The summed E-state index contributed by atoms with van der Waals surface area (Å²) in [5.41, 5.74) is 1.74. The van der Waals surface area contributed by atoms with E-state index in [1.807, 2.05) is 19.1 Å². The maximum atomic E-state index is 13.3. The highest BCUT2D eigenvalue weighted by Crippen LogP contribution is 2.36. The zero-order chi connectivity index (χ0) is 18.7. The van der Waals surface area contributed by atoms with Crippen LogP contribution in [-0.4, -0.2) is 15.7 Å². The SMILES string of the molecule is CCCC(=O)NCc1ccc(-n2nc(C(F)(F)F)c3c2CCCC3)cc1. The van der Waals surface area contributed by atoms with Gasteiger partial charge in [-0.2, -0.15) is 18.3 Å². The van der Waals surface area contributed by atoms with E-state index in [1.165, 1.54) is 4.68 Å². The van der Waals surface area contributed by atoms with Crippen LogP contribution in [0.25, 0.3) is 5.69 Å². The predicted octanol–water partition coefficient (Wildman–Crippen LogP) is 4.19. The molecule has 0 unspecified atom stereocenters. The van der Waals surface area contributed by atoms with E-state index in [4.69, 9.17) is 0 Å². The third-order valence-electron chi connectivity index (χ3n) is 4.60. The van der Waals surface area contributed by atoms with Gasteiger partial charge in [0.2, 0.25) is 5.91 Å². The molecule has 0 atom stereocenters. The maximum absolute atomic E-state index is 13.3. The first-order valence-electron chi connectivity index (χ1n) is 8.94. The summed E-state index contributed by atoms with van der Waals surface area (Å²) >= 11 is 0. The zero-order valence-corrected chi connectivity index (χ0v) is 14.7. The normalized spacial score (nSPS) is 14.2. The average molecular weight is 365 g/mol. The van der Waals surface area contributed by atoms with E-state index in [1.54, 1.807) is 12.1 Å². The second kappa shape index (κ2) is 7.51. The van der Waals surface area contributed by atoms with E-state index < -0.39 is 11.9 Å². The summed E-state index contributed by atoms with van der Waals surface area (Å²) in [7, 11) is 0. The summed E-state index contributed by atoms with van der Waals surface area (Å²) in [5, 5.41) is 6.71. The minimum atomic E-state index is -4.43. The topological polar surface area (TPSA) is 46.9 Å². The Kier molecular flexibility index (Phi) is 5.34. The molecule has 4 nitrogen and oxygen atoms in total. The van der Waals surface area contributed by atoms with E-state index >= 15 is 0 Å². The number of carbonyl (C=O) groups excluding carboxylic acids is 1. The molecule has 1 aromatic carbocycles. The average Bonchev–Trinajstić information content (AvgIpc) is 3.01. The van der Waals surface area contributed by atoms with Crippen molar-refractivity contribution in [2.75, 3.05) is 0 Å². The van der Waals surface area contributed by atoms with Crippen molar-refractivity contribution in [1.82, 2.24) is 15.1 Å². The molecule has 1 heterocycles. The summed E-state index contributed by atoms with van der Waals surface area (Å²) in [4.78, 5) is 11.5. The number of nitrogens with zero attached hydrogens (tertiary/aromatic N) is 2. The number of benzene rings is 1. The zero-order valence-electron chi connectivity index (χ0n) is 14.7. The molecule has 1 aromatic heterocycles. The fraction of sp³-hybridized carbons (Fsp3) is 0.474. The molecule has 0 saturated heterocycles. The van der Waals surface area contributed by atoms with Gasteiger partial charge >= 0.3 is 6.18 Å². The van der Waals surface area contributed by atoms with Gasteiger partial charge in [0, 0.05) is 24.2 Å². The molecule has 0 fully saturated rings. The Bertz CT molecular complexity index is 779. The smallest absolute Gasteiger partial charge is 0.352 e. The van der Waals surface area contributed by atoms with E-state index in [2.05, 4.69) is 10.4 Å². The van der Waals surface area contributed by atoms with Crippen LogP contribution in [0.3, 0.4) is 0 Å². The Morgan fingerprint density at radius 3 is 2.54 bits per heavy atom. The molecule has 2 aromatic rings. The molecule has 1 amide bonds. The monoisotopic (exact) mass is 365 g/mol. The van der Waals surface area contributed by atoms with Crippen molar-refractivity contribution >= 4 is 5.91 Å². The molecule has 1 aliphatic carbocycles. The van der Waals surface area contributed by atoms with Gasteiger partial charge in [0.1, 0.15) is 0 Å². The first-order chi connectivity index (χ1) is 12.4. The van der Waals surface area contributed by atoms with E-state index in [-0.39, 0.29) is 5.91 Å². The molecule has 0 spiro atoms. The van der Waals surface area contributed by atoms with Crippen LogP contribution < -0.4 is 5.32 Å². The molecule has 140 valence electrons. The minimum absolute atomic E-state index is 0.00691. The second-order valence-corrected chi connectivity index (χ2v) is 6.58. The highest BCUT2D eigenvalue weighted by molar-refractivity contribution is 5.75. The lowest BCUT2D eigenvalue weighted by Gasteiger charge is -2.15. The number of rotatable bonds is 5. The number of hydrogen-bond donors (Lipinski definition) is 1. The molecule has 0 aliphatic heterocycles. The van der Waals surface area contributed by atoms with Gasteiger partial charge in [0.05, 0.1) is 5.69 Å². The van der Waals surface area contributed by atoms with Crippen LogP contribution in [0.5, 0.6) is 0 Å². The predicted molar refractivity (Wildman–Crippen MR) is 92.0 cm³/mol. The van der Waals surface area contributed by atoms with Gasteiger partial charge in [0.25, 0.3) is 0 Å². The van der Waals surface area contributed by atoms with Gasteiger partial charge in [-0.1, -0.05) is 19.1 Å². The number of hydrogen-bond acceptors (Lipinski definition) is 2. The largest absolute Gasteiger partial charge is 0.435 e. The van der Waals surface area contributed by atoms with Gasteiger partial charge in [-0.05, 0) is 49.8 Å². The number of nitrogens with one attached hydrogen (secondary N) is 1. The molecule has 1 N–H and O–H groups in total. The Morgan fingerprint density at radius 1 is 1.19 bits per heavy atom. The highest BCUT2D eigenvalue weighted by Gasteiger charge is 2.39. The fourth-order valence-corrected chi connectivity index (χ4v) is 3.31. The fourth-order valence-electron chi connectivity index (χ4n) is 3.31. The summed E-state index contributed by atoms with van der Waals surface area (Å²) in [5.74, 6) is -0.00691. The van der Waals surface area contributed by atoms with Crippen molar-refractivity contribution in [3.8, 4) is 5.69 Å². The minimum Gasteiger partial charge on any atom is -0.352 e. The van der Waals surface area contributed by atoms with Crippen molar-refractivity contribution in [2.45, 2.75) is 58.2 Å². The number of aromatic nitrogens is 2. The molecular formula is C19H22F3N3O. The van der Waals surface area contributed by atoms with E-state index in [0.29, 0.717) is 42.8 Å².